The number of hydrazine groups is 1. The number of likely N-dealkylation sites (tertiary alicyclic amines) is 1. The van der Waals surface area contributed by atoms with Gasteiger partial charge in [0, 0.05) is 41.9 Å². The van der Waals surface area contributed by atoms with Gasteiger partial charge in [0.25, 0.3) is 0 Å². The molecule has 0 saturated carbocycles. The second kappa shape index (κ2) is 7.73. The molecule has 2 aromatic rings. The van der Waals surface area contributed by atoms with E-state index in [1.54, 1.807) is 23.7 Å². The predicted molar refractivity (Wildman–Crippen MR) is 101 cm³/mol. The van der Waals surface area contributed by atoms with Crippen molar-refractivity contribution in [1.82, 2.24) is 20.7 Å². The van der Waals surface area contributed by atoms with Crippen molar-refractivity contribution in [3.63, 3.8) is 0 Å². The van der Waals surface area contributed by atoms with E-state index in [4.69, 9.17) is 4.74 Å². The molecule has 2 aromatic heterocycles. The molecule has 0 aromatic carbocycles. The summed E-state index contributed by atoms with van der Waals surface area (Å²) in [5.41, 5.74) is 6.47. The Morgan fingerprint density at radius 2 is 2.12 bits per heavy atom. The minimum absolute atomic E-state index is 0.153. The molecule has 0 aliphatic carbocycles. The number of nitrogens with one attached hydrogen (secondary N) is 2. The number of nitrogens with zero attached hydrogens (tertiary/aromatic N) is 2. The fraction of sp³-hybridized carbons (Fsp3) is 0.474. The maximum absolute atomic E-state index is 12.8. The second-order valence-corrected chi connectivity index (χ2v) is 8.23. The lowest BCUT2D eigenvalue weighted by atomic mass is 10.0. The number of carbonyl (C=O) groups is 1. The molecular weight excluding hydrogens is 348 g/mol. The smallest absolute Gasteiger partial charge is 0.241 e. The van der Waals surface area contributed by atoms with Gasteiger partial charge in [0.2, 0.25) is 5.91 Å². The Morgan fingerprint density at radius 1 is 1.27 bits per heavy atom. The van der Waals surface area contributed by atoms with Gasteiger partial charge < -0.3 is 9.64 Å². The van der Waals surface area contributed by atoms with Crippen LogP contribution < -0.4 is 15.6 Å². The molecule has 2 aliphatic heterocycles. The lowest BCUT2D eigenvalue weighted by Gasteiger charge is -2.33. The van der Waals surface area contributed by atoms with E-state index in [2.05, 4.69) is 34.9 Å². The van der Waals surface area contributed by atoms with Crippen LogP contribution in [0, 0.1) is 6.92 Å². The van der Waals surface area contributed by atoms with Gasteiger partial charge in [-0.05, 0) is 37.6 Å². The molecule has 4 rings (SSSR count). The monoisotopic (exact) mass is 372 g/mol. The molecule has 26 heavy (non-hydrogen) atoms. The molecule has 2 fully saturated rings. The van der Waals surface area contributed by atoms with Crippen molar-refractivity contribution < 1.29 is 9.53 Å². The highest BCUT2D eigenvalue weighted by atomic mass is 32.1. The summed E-state index contributed by atoms with van der Waals surface area (Å²) < 4.78 is 5.96. The number of hydrogen-bond donors (Lipinski definition) is 2. The highest BCUT2D eigenvalue weighted by Crippen LogP contribution is 2.29. The van der Waals surface area contributed by atoms with Crippen LogP contribution in [0.1, 0.15) is 35.1 Å². The van der Waals surface area contributed by atoms with Crippen molar-refractivity contribution in [1.29, 1.82) is 0 Å². The first kappa shape index (κ1) is 17.5. The van der Waals surface area contributed by atoms with Gasteiger partial charge in [0.05, 0.1) is 12.2 Å². The molecule has 2 atom stereocenters. The lowest BCUT2D eigenvalue weighted by molar-refractivity contribution is -0.135. The minimum Gasteiger partial charge on any atom is -0.489 e. The van der Waals surface area contributed by atoms with Crippen molar-refractivity contribution in [3.05, 3.63) is 46.4 Å². The van der Waals surface area contributed by atoms with Gasteiger partial charge in [0.15, 0.2) is 0 Å². The Balaban J connectivity index is 1.27. The third-order valence-electron chi connectivity index (χ3n) is 5.00. The number of piperidine rings is 1. The molecule has 138 valence electrons. The van der Waals surface area contributed by atoms with E-state index in [-0.39, 0.29) is 24.1 Å². The molecule has 0 spiro atoms. The third kappa shape index (κ3) is 3.90. The molecule has 2 unspecified atom stereocenters. The lowest BCUT2D eigenvalue weighted by Crippen LogP contribution is -2.49. The van der Waals surface area contributed by atoms with Gasteiger partial charge in [-0.3, -0.25) is 9.78 Å². The first-order chi connectivity index (χ1) is 12.7. The SMILES string of the molecule is Cc1ccc(C2CC(C(=O)N3CCC(Oc4cccnc4)CC3)NN2)s1. The van der Waals surface area contributed by atoms with Crippen molar-refractivity contribution in [2.75, 3.05) is 13.1 Å². The minimum atomic E-state index is -0.154. The Morgan fingerprint density at radius 3 is 2.81 bits per heavy atom. The Kier molecular flexibility index (Phi) is 5.19. The average molecular weight is 372 g/mol. The maximum atomic E-state index is 12.8. The molecule has 6 nitrogen and oxygen atoms in total. The summed E-state index contributed by atoms with van der Waals surface area (Å²) in [6.45, 7) is 3.59. The van der Waals surface area contributed by atoms with Crippen molar-refractivity contribution in [3.8, 4) is 5.75 Å². The highest BCUT2D eigenvalue weighted by molar-refractivity contribution is 7.12. The first-order valence-corrected chi connectivity index (χ1v) is 9.93. The van der Waals surface area contributed by atoms with E-state index in [1.807, 2.05) is 17.0 Å². The molecule has 4 heterocycles. The maximum Gasteiger partial charge on any atom is 0.241 e. The van der Waals surface area contributed by atoms with Gasteiger partial charge in [-0.1, -0.05) is 0 Å². The number of aryl methyl sites for hydroxylation is 1. The van der Waals surface area contributed by atoms with E-state index in [0.717, 1.165) is 38.1 Å². The molecule has 0 radical (unpaired) electrons. The second-order valence-electron chi connectivity index (χ2n) is 6.91. The van der Waals surface area contributed by atoms with Crippen molar-refractivity contribution in [2.45, 2.75) is 44.4 Å². The standard InChI is InChI=1S/C19H24N4O2S/c1-13-4-5-18(26-13)16-11-17(22-21-16)19(24)23-9-6-14(7-10-23)25-15-3-2-8-20-12-15/h2-5,8,12,14,16-17,21-22H,6-7,9-11H2,1H3. The fourth-order valence-electron chi connectivity index (χ4n) is 3.57. The number of hydrogen-bond acceptors (Lipinski definition) is 6. The van der Waals surface area contributed by atoms with Crippen LogP contribution in [-0.4, -0.2) is 41.0 Å². The number of aromatic nitrogens is 1. The van der Waals surface area contributed by atoms with Gasteiger partial charge in [-0.15, -0.1) is 11.3 Å². The first-order valence-electron chi connectivity index (χ1n) is 9.12. The summed E-state index contributed by atoms with van der Waals surface area (Å²) in [4.78, 5) is 21.4. The molecule has 2 N–H and O–H groups in total. The van der Waals surface area contributed by atoms with Crippen LogP contribution in [0.4, 0.5) is 0 Å². The molecule has 1 amide bonds. The van der Waals surface area contributed by atoms with Gasteiger partial charge in [-0.25, -0.2) is 10.9 Å². The van der Waals surface area contributed by atoms with Crippen LogP contribution in [-0.2, 0) is 4.79 Å². The van der Waals surface area contributed by atoms with E-state index < -0.39 is 0 Å². The van der Waals surface area contributed by atoms with E-state index >= 15 is 0 Å². The number of ether oxygens (including phenoxy) is 1. The van der Waals surface area contributed by atoms with Crippen molar-refractivity contribution in [2.24, 2.45) is 0 Å². The van der Waals surface area contributed by atoms with E-state index in [0.29, 0.717) is 0 Å². The topological polar surface area (TPSA) is 66.5 Å². The van der Waals surface area contributed by atoms with Crippen LogP contribution in [0.3, 0.4) is 0 Å². The van der Waals surface area contributed by atoms with Crippen LogP contribution in [0.5, 0.6) is 5.75 Å². The zero-order valence-corrected chi connectivity index (χ0v) is 15.7. The average Bonchev–Trinajstić information content (AvgIpc) is 3.32. The van der Waals surface area contributed by atoms with Crippen LogP contribution in [0.2, 0.25) is 0 Å². The molecular formula is C19H24N4O2S. The quantitative estimate of drug-likeness (QED) is 0.863. The molecule has 2 saturated heterocycles. The Bertz CT molecular complexity index is 743. The molecule has 2 aliphatic rings. The highest BCUT2D eigenvalue weighted by Gasteiger charge is 2.35. The Hall–Kier alpha value is -1.96. The number of thiophene rings is 1. The van der Waals surface area contributed by atoms with Crippen LogP contribution in [0.25, 0.3) is 0 Å². The summed E-state index contributed by atoms with van der Waals surface area (Å²) in [5.74, 6) is 0.987. The van der Waals surface area contributed by atoms with Gasteiger partial charge in [-0.2, -0.15) is 0 Å². The zero-order chi connectivity index (χ0) is 17.9. The van der Waals surface area contributed by atoms with Gasteiger partial charge >= 0.3 is 0 Å². The fourth-order valence-corrected chi connectivity index (χ4v) is 4.51. The summed E-state index contributed by atoms with van der Waals surface area (Å²) in [5, 5.41) is 0. The number of pyridine rings is 1. The zero-order valence-electron chi connectivity index (χ0n) is 14.9. The normalized spacial score (nSPS) is 24.0. The number of rotatable bonds is 4. The third-order valence-corrected chi connectivity index (χ3v) is 6.11. The summed E-state index contributed by atoms with van der Waals surface area (Å²) in [6, 6.07) is 8.13. The Labute approximate surface area is 157 Å². The van der Waals surface area contributed by atoms with Crippen LogP contribution in [0.15, 0.2) is 36.7 Å². The summed E-state index contributed by atoms with van der Waals surface area (Å²) in [7, 11) is 0. The molecule has 7 heteroatoms. The van der Waals surface area contributed by atoms with Gasteiger partial charge in [0.1, 0.15) is 17.9 Å². The van der Waals surface area contributed by atoms with Crippen LogP contribution >= 0.6 is 11.3 Å². The van der Waals surface area contributed by atoms with E-state index in [1.165, 1.54) is 9.75 Å². The number of amides is 1. The van der Waals surface area contributed by atoms with Crippen molar-refractivity contribution >= 4 is 17.2 Å². The van der Waals surface area contributed by atoms with E-state index in [9.17, 15) is 4.79 Å². The summed E-state index contributed by atoms with van der Waals surface area (Å²) >= 11 is 1.79. The predicted octanol–water partition coefficient (Wildman–Crippen LogP) is 2.43. The molecule has 0 bridgehead atoms. The summed E-state index contributed by atoms with van der Waals surface area (Å²) in [6.07, 6.45) is 6.13. The largest absolute Gasteiger partial charge is 0.489 e. The number of carbonyl (C=O) groups excluding carboxylic acids is 1.